The summed E-state index contributed by atoms with van der Waals surface area (Å²) in [5.74, 6) is 1.48. The van der Waals surface area contributed by atoms with Crippen molar-refractivity contribution in [2.45, 2.75) is 32.6 Å². The fourth-order valence-corrected chi connectivity index (χ4v) is 1.77. The Kier molecular flexibility index (Phi) is 5.61. The molecule has 0 fully saturated rings. The molecule has 0 saturated heterocycles. The molecule has 15 heavy (non-hydrogen) atoms. The Bertz CT molecular complexity index is 287. The van der Waals surface area contributed by atoms with Crippen molar-refractivity contribution in [3.8, 4) is 0 Å². The van der Waals surface area contributed by atoms with Gasteiger partial charge in [0.25, 0.3) is 0 Å². The zero-order chi connectivity index (χ0) is 11.1. The summed E-state index contributed by atoms with van der Waals surface area (Å²) in [5.41, 5.74) is 1.15. The summed E-state index contributed by atoms with van der Waals surface area (Å²) in [6.07, 6.45) is 3.90. The van der Waals surface area contributed by atoms with Crippen molar-refractivity contribution >= 4 is 21.7 Å². The molecule has 1 N–H and O–H groups in total. The Balaban J connectivity index is 2.72. The van der Waals surface area contributed by atoms with E-state index < -0.39 is 0 Å². The lowest BCUT2D eigenvalue weighted by atomic mass is 9.99. The molecular formula is C11H18BrN3. The number of nitrogens with zero attached hydrogens (tertiary/aromatic N) is 2. The number of rotatable bonds is 6. The van der Waals surface area contributed by atoms with Crippen molar-refractivity contribution in [3.63, 3.8) is 0 Å². The maximum absolute atomic E-state index is 4.33. The van der Waals surface area contributed by atoms with Crippen LogP contribution in [0.1, 0.15) is 38.3 Å². The van der Waals surface area contributed by atoms with Gasteiger partial charge in [-0.05, 0) is 12.8 Å². The third-order valence-electron chi connectivity index (χ3n) is 2.49. The summed E-state index contributed by atoms with van der Waals surface area (Å²) in [4.78, 5) is 8.51. The van der Waals surface area contributed by atoms with Crippen molar-refractivity contribution in [3.05, 3.63) is 18.1 Å². The van der Waals surface area contributed by atoms with Crippen LogP contribution in [0.5, 0.6) is 0 Å². The van der Waals surface area contributed by atoms with Crippen LogP contribution in [-0.4, -0.2) is 21.8 Å². The molecule has 84 valence electrons. The van der Waals surface area contributed by atoms with Gasteiger partial charge in [0.15, 0.2) is 0 Å². The summed E-state index contributed by atoms with van der Waals surface area (Å²) in [5, 5.41) is 4.17. The lowest BCUT2D eigenvalue weighted by Crippen LogP contribution is -2.06. The van der Waals surface area contributed by atoms with Gasteiger partial charge in [0, 0.05) is 29.6 Å². The highest BCUT2D eigenvalue weighted by Gasteiger charge is 2.08. The van der Waals surface area contributed by atoms with Gasteiger partial charge in [-0.15, -0.1) is 0 Å². The number of alkyl halides is 1. The average Bonchev–Trinajstić information content (AvgIpc) is 2.29. The van der Waals surface area contributed by atoms with Crippen molar-refractivity contribution in [1.82, 2.24) is 9.97 Å². The third-order valence-corrected chi connectivity index (χ3v) is 2.89. The van der Waals surface area contributed by atoms with Crippen LogP contribution in [0.3, 0.4) is 0 Å². The summed E-state index contributed by atoms with van der Waals surface area (Å²) in [6.45, 7) is 5.28. The zero-order valence-electron chi connectivity index (χ0n) is 9.33. The van der Waals surface area contributed by atoms with E-state index in [2.05, 4.69) is 51.1 Å². The first kappa shape index (κ1) is 12.4. The number of anilines is 1. The highest BCUT2D eigenvalue weighted by Crippen LogP contribution is 2.21. The number of aromatic nitrogens is 2. The van der Waals surface area contributed by atoms with Crippen LogP contribution in [0.2, 0.25) is 0 Å². The molecular weight excluding hydrogens is 254 g/mol. The molecule has 3 nitrogen and oxygen atoms in total. The van der Waals surface area contributed by atoms with Gasteiger partial charge in [0.1, 0.15) is 12.1 Å². The van der Waals surface area contributed by atoms with E-state index in [0.29, 0.717) is 5.92 Å². The molecule has 1 heterocycles. The van der Waals surface area contributed by atoms with E-state index in [-0.39, 0.29) is 0 Å². The lowest BCUT2D eigenvalue weighted by Gasteiger charge is -2.12. The van der Waals surface area contributed by atoms with Crippen LogP contribution in [0.25, 0.3) is 0 Å². The van der Waals surface area contributed by atoms with Gasteiger partial charge in [0.05, 0.1) is 0 Å². The standard InChI is InChI=1S/C11H18BrN3/c1-3-9(4-2)10-7-11(13-6-5-12)15-8-14-10/h7-9H,3-6H2,1-2H3,(H,13,14,15). The van der Waals surface area contributed by atoms with Crippen molar-refractivity contribution in [1.29, 1.82) is 0 Å². The minimum absolute atomic E-state index is 0.553. The molecule has 0 spiro atoms. The molecule has 0 aliphatic heterocycles. The molecule has 4 heteroatoms. The number of hydrogen-bond acceptors (Lipinski definition) is 3. The fraction of sp³-hybridized carbons (Fsp3) is 0.636. The normalized spacial score (nSPS) is 10.7. The van der Waals surface area contributed by atoms with E-state index in [9.17, 15) is 0 Å². The van der Waals surface area contributed by atoms with Crippen molar-refractivity contribution in [2.24, 2.45) is 0 Å². The van der Waals surface area contributed by atoms with Crippen LogP contribution in [0, 0.1) is 0 Å². The second-order valence-electron chi connectivity index (χ2n) is 3.46. The smallest absolute Gasteiger partial charge is 0.129 e. The molecule has 0 bridgehead atoms. The second-order valence-corrected chi connectivity index (χ2v) is 4.25. The maximum atomic E-state index is 4.33. The second kappa shape index (κ2) is 6.77. The minimum atomic E-state index is 0.553. The van der Waals surface area contributed by atoms with Gasteiger partial charge in [-0.2, -0.15) is 0 Å². The van der Waals surface area contributed by atoms with Crippen LogP contribution in [0.15, 0.2) is 12.4 Å². The first-order valence-electron chi connectivity index (χ1n) is 5.43. The Hall–Kier alpha value is -0.640. The minimum Gasteiger partial charge on any atom is -0.369 e. The Labute approximate surface area is 99.8 Å². The molecule has 0 atom stereocenters. The van der Waals surface area contributed by atoms with Gasteiger partial charge in [-0.1, -0.05) is 29.8 Å². The average molecular weight is 272 g/mol. The van der Waals surface area contributed by atoms with Crippen molar-refractivity contribution in [2.75, 3.05) is 17.2 Å². The van der Waals surface area contributed by atoms with Crippen LogP contribution < -0.4 is 5.32 Å². The van der Waals surface area contributed by atoms with Gasteiger partial charge in [-0.3, -0.25) is 0 Å². The predicted octanol–water partition coefficient (Wildman–Crippen LogP) is 3.19. The van der Waals surface area contributed by atoms with Crippen LogP contribution in [-0.2, 0) is 0 Å². The molecule has 0 saturated carbocycles. The SMILES string of the molecule is CCC(CC)c1cc(NCCBr)ncn1. The molecule has 0 aliphatic rings. The molecule has 0 radical (unpaired) electrons. The lowest BCUT2D eigenvalue weighted by molar-refractivity contribution is 0.621. The molecule has 0 aliphatic carbocycles. The Morgan fingerprint density at radius 1 is 1.33 bits per heavy atom. The molecule has 1 aromatic heterocycles. The van der Waals surface area contributed by atoms with E-state index >= 15 is 0 Å². The van der Waals surface area contributed by atoms with Crippen LogP contribution >= 0.6 is 15.9 Å². The Morgan fingerprint density at radius 3 is 2.67 bits per heavy atom. The molecule has 1 rings (SSSR count). The molecule has 1 aromatic rings. The summed E-state index contributed by atoms with van der Waals surface area (Å²) in [7, 11) is 0. The number of hydrogen-bond donors (Lipinski definition) is 1. The van der Waals surface area contributed by atoms with Crippen molar-refractivity contribution < 1.29 is 0 Å². The Morgan fingerprint density at radius 2 is 2.07 bits per heavy atom. The monoisotopic (exact) mass is 271 g/mol. The molecule has 0 aromatic carbocycles. The van der Waals surface area contributed by atoms with Gasteiger partial charge < -0.3 is 5.32 Å². The summed E-state index contributed by atoms with van der Waals surface area (Å²) in [6, 6.07) is 2.06. The molecule has 0 unspecified atom stereocenters. The summed E-state index contributed by atoms with van der Waals surface area (Å²) >= 11 is 3.38. The first-order chi connectivity index (χ1) is 7.31. The summed E-state index contributed by atoms with van der Waals surface area (Å²) < 4.78 is 0. The van der Waals surface area contributed by atoms with Crippen LogP contribution in [0.4, 0.5) is 5.82 Å². The number of nitrogens with one attached hydrogen (secondary N) is 1. The van der Waals surface area contributed by atoms with Gasteiger partial charge in [-0.25, -0.2) is 9.97 Å². The van der Waals surface area contributed by atoms with Gasteiger partial charge in [0.2, 0.25) is 0 Å². The fourth-order valence-electron chi connectivity index (χ4n) is 1.57. The van der Waals surface area contributed by atoms with E-state index in [0.717, 1.165) is 36.2 Å². The van der Waals surface area contributed by atoms with E-state index in [1.807, 2.05) is 0 Å². The largest absolute Gasteiger partial charge is 0.369 e. The number of halogens is 1. The van der Waals surface area contributed by atoms with Gasteiger partial charge >= 0.3 is 0 Å². The zero-order valence-corrected chi connectivity index (χ0v) is 10.9. The maximum Gasteiger partial charge on any atom is 0.129 e. The quantitative estimate of drug-likeness (QED) is 0.808. The predicted molar refractivity (Wildman–Crippen MR) is 67.6 cm³/mol. The van der Waals surface area contributed by atoms with E-state index in [1.54, 1.807) is 6.33 Å². The highest BCUT2D eigenvalue weighted by molar-refractivity contribution is 9.09. The topological polar surface area (TPSA) is 37.8 Å². The third kappa shape index (κ3) is 3.78. The van der Waals surface area contributed by atoms with E-state index in [1.165, 1.54) is 0 Å². The van der Waals surface area contributed by atoms with E-state index in [4.69, 9.17) is 0 Å². The highest BCUT2D eigenvalue weighted by atomic mass is 79.9. The molecule has 0 amide bonds. The first-order valence-corrected chi connectivity index (χ1v) is 6.55.